The molecule has 0 bridgehead atoms. The van der Waals surface area contributed by atoms with Gasteiger partial charge >= 0.3 is 6.18 Å². The number of carbonyl (C=O) groups is 1. The third-order valence-electron chi connectivity index (χ3n) is 3.97. The fourth-order valence-corrected chi connectivity index (χ4v) is 2.56. The Kier molecular flexibility index (Phi) is 2.52. The summed E-state index contributed by atoms with van der Waals surface area (Å²) in [5, 5.41) is 5.32. The monoisotopic (exact) mass is 301 g/mol. The second-order valence-corrected chi connectivity index (χ2v) is 5.77. The van der Waals surface area contributed by atoms with Crippen LogP contribution in [0.15, 0.2) is 12.1 Å². The number of carbonyl (C=O) groups excluding carboxylic acids is 1. The number of aryl methyl sites for hydroxylation is 1. The number of rotatable bonds is 2. The van der Waals surface area contributed by atoms with Crippen molar-refractivity contribution in [2.75, 3.05) is 5.32 Å². The van der Waals surface area contributed by atoms with Gasteiger partial charge < -0.3 is 10.6 Å². The Morgan fingerprint density at radius 2 is 2.29 bits per heavy atom. The van der Waals surface area contributed by atoms with Gasteiger partial charge in [-0.15, -0.1) is 0 Å². The normalized spacial score (nSPS) is 34.7. The van der Waals surface area contributed by atoms with Crippen molar-refractivity contribution in [1.82, 2.24) is 10.3 Å². The number of hydrogen-bond donors (Lipinski definition) is 2. The van der Waals surface area contributed by atoms with Crippen molar-refractivity contribution in [1.29, 1.82) is 0 Å². The molecule has 0 spiro atoms. The number of alkyl halides is 3. The van der Waals surface area contributed by atoms with Crippen LogP contribution >= 0.6 is 0 Å². The summed E-state index contributed by atoms with van der Waals surface area (Å²) in [6, 6.07) is 1.08. The van der Waals surface area contributed by atoms with Gasteiger partial charge in [-0.25, -0.2) is 4.98 Å². The van der Waals surface area contributed by atoms with E-state index in [1.165, 1.54) is 6.07 Å². The van der Waals surface area contributed by atoms with Gasteiger partial charge in [0.15, 0.2) is 0 Å². The molecule has 1 saturated carbocycles. The number of halogens is 3. The molecular formula is C14H16F3N3O. The second kappa shape index (κ2) is 4.43. The number of amides is 1. The zero-order valence-corrected chi connectivity index (χ0v) is 11.5. The van der Waals surface area contributed by atoms with Crippen molar-refractivity contribution in [2.45, 2.75) is 44.9 Å². The fourth-order valence-electron chi connectivity index (χ4n) is 2.56. The Hall–Kier alpha value is -1.63. The van der Waals surface area contributed by atoms with Gasteiger partial charge in [-0.05, 0) is 36.8 Å². The van der Waals surface area contributed by atoms with Crippen molar-refractivity contribution in [3.05, 3.63) is 23.4 Å². The Morgan fingerprint density at radius 1 is 1.57 bits per heavy atom. The number of piperidine rings is 1. The summed E-state index contributed by atoms with van der Waals surface area (Å²) in [7, 11) is 0. The van der Waals surface area contributed by atoms with Gasteiger partial charge in [-0.1, -0.05) is 13.0 Å². The summed E-state index contributed by atoms with van der Waals surface area (Å²) < 4.78 is 53.7. The predicted molar refractivity (Wildman–Crippen MR) is 70.7 cm³/mol. The second-order valence-electron chi connectivity index (χ2n) is 5.77. The molecular weight excluding hydrogens is 283 g/mol. The summed E-state index contributed by atoms with van der Waals surface area (Å²) in [6.45, 7) is 3.31. The van der Waals surface area contributed by atoms with Gasteiger partial charge in [0.2, 0.25) is 5.91 Å². The van der Waals surface area contributed by atoms with Gasteiger partial charge in [-0.3, -0.25) is 4.79 Å². The van der Waals surface area contributed by atoms with Crippen LogP contribution in [0.25, 0.3) is 0 Å². The minimum atomic E-state index is -4.58. The molecule has 114 valence electrons. The average molecular weight is 301 g/mol. The van der Waals surface area contributed by atoms with Crippen molar-refractivity contribution < 1.29 is 20.7 Å². The molecule has 1 aromatic heterocycles. The SMILES string of the molecule is [2H]C1([2H])[C@H]2N[C@H](C(=O)Nc3nc(C(F)(F)F)ccc3C)C[C@]21C. The highest BCUT2D eigenvalue weighted by molar-refractivity contribution is 5.95. The van der Waals surface area contributed by atoms with Crippen LogP contribution in [0.2, 0.25) is 0 Å². The first-order valence-electron chi connectivity index (χ1n) is 7.58. The van der Waals surface area contributed by atoms with Crippen LogP contribution in [0.1, 0.15) is 33.7 Å². The van der Waals surface area contributed by atoms with Crippen molar-refractivity contribution in [3.63, 3.8) is 0 Å². The first-order chi connectivity index (χ1) is 10.5. The summed E-state index contributed by atoms with van der Waals surface area (Å²) in [6.07, 6.45) is -5.63. The summed E-state index contributed by atoms with van der Waals surface area (Å²) in [5.74, 6) is -0.621. The highest BCUT2D eigenvalue weighted by Crippen LogP contribution is 2.53. The Labute approximate surface area is 122 Å². The first-order valence-corrected chi connectivity index (χ1v) is 6.58. The molecule has 1 saturated heterocycles. The maximum atomic E-state index is 12.7. The van der Waals surface area contributed by atoms with Crippen LogP contribution < -0.4 is 10.6 Å². The third-order valence-corrected chi connectivity index (χ3v) is 3.97. The maximum Gasteiger partial charge on any atom is 0.433 e. The number of fused-ring (bicyclic) bond motifs is 1. The van der Waals surface area contributed by atoms with E-state index in [0.29, 0.717) is 12.0 Å². The van der Waals surface area contributed by atoms with Gasteiger partial charge in [0, 0.05) is 8.78 Å². The van der Waals surface area contributed by atoms with E-state index in [2.05, 4.69) is 15.6 Å². The number of aromatic nitrogens is 1. The maximum absolute atomic E-state index is 12.7. The molecule has 0 radical (unpaired) electrons. The van der Waals surface area contributed by atoms with Crippen LogP contribution in [-0.4, -0.2) is 23.0 Å². The average Bonchev–Trinajstić information content (AvgIpc) is 2.73. The number of pyridine rings is 1. The molecule has 2 N–H and O–H groups in total. The lowest BCUT2D eigenvalue weighted by Gasteiger charge is -2.16. The highest BCUT2D eigenvalue weighted by Gasteiger charge is 2.58. The van der Waals surface area contributed by atoms with Gasteiger partial charge in [0.1, 0.15) is 11.5 Å². The van der Waals surface area contributed by atoms with Gasteiger partial charge in [0.25, 0.3) is 0 Å². The molecule has 3 atom stereocenters. The molecule has 4 nitrogen and oxygen atoms in total. The highest BCUT2D eigenvalue weighted by atomic mass is 19.4. The van der Waals surface area contributed by atoms with Crippen LogP contribution in [-0.2, 0) is 11.0 Å². The van der Waals surface area contributed by atoms with Crippen LogP contribution in [0.4, 0.5) is 19.0 Å². The van der Waals surface area contributed by atoms with E-state index in [1.807, 2.05) is 0 Å². The van der Waals surface area contributed by atoms with E-state index in [9.17, 15) is 18.0 Å². The molecule has 0 aromatic carbocycles. The predicted octanol–water partition coefficient (Wildman–Crippen LogP) is 2.49. The topological polar surface area (TPSA) is 54.0 Å². The van der Waals surface area contributed by atoms with Crippen LogP contribution in [0.5, 0.6) is 0 Å². The molecule has 3 rings (SSSR count). The van der Waals surface area contributed by atoms with Crippen molar-refractivity contribution in [3.8, 4) is 0 Å². The lowest BCUT2D eigenvalue weighted by molar-refractivity contribution is -0.141. The van der Waals surface area contributed by atoms with Gasteiger partial charge in [0.05, 0.1) is 6.04 Å². The third kappa shape index (κ3) is 2.62. The lowest BCUT2D eigenvalue weighted by Crippen LogP contribution is -2.38. The largest absolute Gasteiger partial charge is 0.433 e. The zero-order chi connectivity index (χ0) is 17.2. The molecule has 1 aliphatic carbocycles. The lowest BCUT2D eigenvalue weighted by atomic mass is 10.0. The standard InChI is InChI=1S/C14H16F3N3O/c1-7-3-4-9(14(15,16)17)19-11(7)20-12(21)8-5-13(2)6-10(13)18-8/h3-4,8,10,18H,5-6H2,1-2H3,(H,19,20,21)/t8-,10+,13-/m0/s1/i6D2. The molecule has 0 unspecified atom stereocenters. The first kappa shape index (κ1) is 12.0. The smallest absolute Gasteiger partial charge is 0.309 e. The fraction of sp³-hybridized carbons (Fsp3) is 0.571. The molecule has 7 heteroatoms. The molecule has 2 aliphatic rings. The minimum Gasteiger partial charge on any atom is -0.309 e. The van der Waals surface area contributed by atoms with Crippen molar-refractivity contribution >= 4 is 11.7 Å². The Balaban J connectivity index is 1.73. The summed E-state index contributed by atoms with van der Waals surface area (Å²) >= 11 is 0. The molecule has 21 heavy (non-hydrogen) atoms. The zero-order valence-electron chi connectivity index (χ0n) is 13.5. The number of nitrogens with zero attached hydrogens (tertiary/aromatic N) is 1. The summed E-state index contributed by atoms with van der Waals surface area (Å²) in [4.78, 5) is 15.7. The van der Waals surface area contributed by atoms with E-state index >= 15 is 0 Å². The summed E-state index contributed by atoms with van der Waals surface area (Å²) in [5.41, 5.74) is -1.24. The molecule has 2 heterocycles. The Morgan fingerprint density at radius 3 is 2.86 bits per heavy atom. The minimum absolute atomic E-state index is 0.125. The van der Waals surface area contributed by atoms with E-state index in [-0.39, 0.29) is 5.82 Å². The van der Waals surface area contributed by atoms with Crippen LogP contribution in [0.3, 0.4) is 0 Å². The molecule has 1 aliphatic heterocycles. The van der Waals surface area contributed by atoms with E-state index in [4.69, 9.17) is 2.74 Å². The quantitative estimate of drug-likeness (QED) is 0.882. The van der Waals surface area contributed by atoms with Crippen LogP contribution in [0, 0.1) is 12.3 Å². The van der Waals surface area contributed by atoms with E-state index < -0.39 is 41.6 Å². The molecule has 2 fully saturated rings. The molecule has 1 amide bonds. The number of hydrogen-bond acceptors (Lipinski definition) is 3. The number of anilines is 1. The van der Waals surface area contributed by atoms with E-state index in [0.717, 1.165) is 6.07 Å². The number of nitrogens with one attached hydrogen (secondary N) is 2. The van der Waals surface area contributed by atoms with Gasteiger partial charge in [-0.2, -0.15) is 13.2 Å². The molecule has 1 aromatic rings. The Bertz CT molecular complexity index is 680. The van der Waals surface area contributed by atoms with Crippen molar-refractivity contribution in [2.24, 2.45) is 5.41 Å². The van der Waals surface area contributed by atoms with E-state index in [1.54, 1.807) is 13.8 Å².